The molecule has 3 heteroatoms. The predicted octanol–water partition coefficient (Wildman–Crippen LogP) is 5.64. The quantitative estimate of drug-likeness (QED) is 0.401. The van der Waals surface area contributed by atoms with Gasteiger partial charge < -0.3 is 14.7 Å². The van der Waals surface area contributed by atoms with E-state index in [2.05, 4.69) is 48.2 Å². The summed E-state index contributed by atoms with van der Waals surface area (Å²) in [6.45, 7) is 3.58. The van der Waals surface area contributed by atoms with Crippen molar-refractivity contribution < 1.29 is 9.84 Å². The second-order valence-electron chi connectivity index (χ2n) is 7.44. The molecule has 1 unspecified atom stereocenters. The van der Waals surface area contributed by atoms with Crippen LogP contribution in [-0.2, 0) is 4.74 Å². The summed E-state index contributed by atoms with van der Waals surface area (Å²) in [6.07, 6.45) is 0. The maximum absolute atomic E-state index is 10.1. The van der Waals surface area contributed by atoms with Gasteiger partial charge in [0.25, 0.3) is 0 Å². The van der Waals surface area contributed by atoms with Crippen molar-refractivity contribution in [2.75, 3.05) is 27.2 Å². The number of allylic oxidation sites excluding steroid dienone is 1. The summed E-state index contributed by atoms with van der Waals surface area (Å²) < 4.78 is 6.38. The number of likely N-dealkylation sites (N-methyl/N-ethyl adjacent to an activating group) is 1. The van der Waals surface area contributed by atoms with Gasteiger partial charge in [-0.05, 0) is 37.4 Å². The van der Waals surface area contributed by atoms with Crippen molar-refractivity contribution >= 4 is 11.3 Å². The van der Waals surface area contributed by atoms with Crippen molar-refractivity contribution in [3.63, 3.8) is 0 Å². The summed E-state index contributed by atoms with van der Waals surface area (Å²) in [4.78, 5) is 2.10. The number of phenols is 1. The molecule has 0 amide bonds. The van der Waals surface area contributed by atoms with Crippen LogP contribution in [0.3, 0.4) is 0 Å². The molecule has 0 radical (unpaired) electrons. The number of hydrogen-bond acceptors (Lipinski definition) is 3. The van der Waals surface area contributed by atoms with E-state index >= 15 is 0 Å². The predicted molar refractivity (Wildman–Crippen MR) is 121 cm³/mol. The number of hydrogen-bond donors (Lipinski definition) is 1. The number of nitrogens with zero attached hydrogens (tertiary/aromatic N) is 1. The third-order valence-corrected chi connectivity index (χ3v) is 4.96. The van der Waals surface area contributed by atoms with Crippen LogP contribution in [0.25, 0.3) is 11.3 Å². The first-order valence-corrected chi connectivity index (χ1v) is 9.97. The zero-order valence-electron chi connectivity index (χ0n) is 17.4. The molecule has 0 spiro atoms. The zero-order chi connectivity index (χ0) is 20.6. The van der Waals surface area contributed by atoms with Crippen molar-refractivity contribution in [1.29, 1.82) is 0 Å². The Morgan fingerprint density at radius 2 is 1.48 bits per heavy atom. The van der Waals surface area contributed by atoms with Crippen molar-refractivity contribution in [3.05, 3.63) is 102 Å². The van der Waals surface area contributed by atoms with Gasteiger partial charge in [0.05, 0.1) is 0 Å². The second kappa shape index (κ2) is 9.94. The summed E-state index contributed by atoms with van der Waals surface area (Å²) in [5.41, 5.74) is 4.33. The van der Waals surface area contributed by atoms with Crippen LogP contribution in [0, 0.1) is 0 Å². The van der Waals surface area contributed by atoms with Gasteiger partial charge in [-0.1, -0.05) is 79.7 Å². The van der Waals surface area contributed by atoms with E-state index in [0.717, 1.165) is 29.0 Å². The second-order valence-corrected chi connectivity index (χ2v) is 7.44. The van der Waals surface area contributed by atoms with E-state index in [4.69, 9.17) is 4.74 Å². The van der Waals surface area contributed by atoms with E-state index in [1.165, 1.54) is 5.56 Å². The van der Waals surface area contributed by atoms with Gasteiger partial charge in [-0.15, -0.1) is 0 Å². The third-order valence-electron chi connectivity index (χ3n) is 4.96. The highest BCUT2D eigenvalue weighted by atomic mass is 16.5. The van der Waals surface area contributed by atoms with Crippen LogP contribution in [-0.4, -0.2) is 37.3 Å². The summed E-state index contributed by atoms with van der Waals surface area (Å²) in [5.74, 6) is 1.16. The summed E-state index contributed by atoms with van der Waals surface area (Å²) in [6, 6.07) is 28.1. The maximum Gasteiger partial charge on any atom is 0.131 e. The Kier molecular flexibility index (Phi) is 7.09. The van der Waals surface area contributed by atoms with Gasteiger partial charge >= 0.3 is 0 Å². The molecule has 150 valence electrons. The molecule has 29 heavy (non-hydrogen) atoms. The lowest BCUT2D eigenvalue weighted by atomic mass is 9.86. The standard InChI is InChI=1S/C26H29NO2/c1-20(21-11-6-4-7-12-21)25(22-13-8-5-9-14-22)26(29-18-17-27(2)3)23-15-10-16-24(28)19-23/h4-16,19-20,28H,17-18H2,1-3H3. The average Bonchev–Trinajstić information content (AvgIpc) is 2.74. The number of phenolic OH excluding ortho intramolecular Hbond substituents is 1. The van der Waals surface area contributed by atoms with Crippen LogP contribution in [0.2, 0.25) is 0 Å². The monoisotopic (exact) mass is 387 g/mol. The van der Waals surface area contributed by atoms with E-state index in [1.807, 2.05) is 50.5 Å². The fraction of sp³-hybridized carbons (Fsp3) is 0.231. The minimum Gasteiger partial charge on any atom is -0.508 e. The van der Waals surface area contributed by atoms with Crippen molar-refractivity contribution in [2.24, 2.45) is 0 Å². The van der Waals surface area contributed by atoms with Gasteiger partial charge in [-0.3, -0.25) is 0 Å². The molecule has 0 heterocycles. The first-order chi connectivity index (χ1) is 14.1. The topological polar surface area (TPSA) is 32.7 Å². The fourth-order valence-electron chi connectivity index (χ4n) is 3.40. The summed E-state index contributed by atoms with van der Waals surface area (Å²) in [7, 11) is 4.07. The van der Waals surface area contributed by atoms with Gasteiger partial charge in [0, 0.05) is 23.6 Å². The van der Waals surface area contributed by atoms with Crippen molar-refractivity contribution in [1.82, 2.24) is 4.90 Å². The Morgan fingerprint density at radius 3 is 2.10 bits per heavy atom. The first kappa shape index (κ1) is 20.7. The Labute approximate surface area is 173 Å². The SMILES string of the molecule is CC(C(=C(OCCN(C)C)c1cccc(O)c1)c1ccccc1)c1ccccc1. The molecule has 1 atom stereocenters. The van der Waals surface area contributed by atoms with Gasteiger partial charge in [0.15, 0.2) is 0 Å². The van der Waals surface area contributed by atoms with E-state index in [9.17, 15) is 5.11 Å². The molecule has 0 fully saturated rings. The Bertz CT molecular complexity index is 933. The van der Waals surface area contributed by atoms with E-state index in [0.29, 0.717) is 6.61 Å². The molecular weight excluding hydrogens is 358 g/mol. The minimum atomic E-state index is 0.121. The van der Waals surface area contributed by atoms with E-state index in [1.54, 1.807) is 12.1 Å². The number of ether oxygens (including phenoxy) is 1. The summed E-state index contributed by atoms with van der Waals surface area (Å²) >= 11 is 0. The fourth-order valence-corrected chi connectivity index (χ4v) is 3.40. The lowest BCUT2D eigenvalue weighted by Crippen LogP contribution is -2.18. The molecule has 0 bridgehead atoms. The van der Waals surface area contributed by atoms with Gasteiger partial charge in [0.2, 0.25) is 0 Å². The highest BCUT2D eigenvalue weighted by Gasteiger charge is 2.21. The smallest absolute Gasteiger partial charge is 0.131 e. The minimum absolute atomic E-state index is 0.121. The molecule has 0 aliphatic heterocycles. The van der Waals surface area contributed by atoms with E-state index < -0.39 is 0 Å². The van der Waals surface area contributed by atoms with Gasteiger partial charge in [0.1, 0.15) is 18.1 Å². The molecule has 0 aliphatic carbocycles. The molecule has 3 rings (SSSR count). The largest absolute Gasteiger partial charge is 0.508 e. The molecule has 0 saturated carbocycles. The molecule has 1 N–H and O–H groups in total. The van der Waals surface area contributed by atoms with Crippen molar-refractivity contribution in [2.45, 2.75) is 12.8 Å². The molecule has 3 aromatic carbocycles. The van der Waals surface area contributed by atoms with Crippen LogP contribution in [0.5, 0.6) is 5.75 Å². The van der Waals surface area contributed by atoms with Crippen LogP contribution in [0.15, 0.2) is 84.9 Å². The normalized spacial score (nSPS) is 13.1. The zero-order valence-corrected chi connectivity index (χ0v) is 17.4. The van der Waals surface area contributed by atoms with Gasteiger partial charge in [-0.25, -0.2) is 0 Å². The highest BCUT2D eigenvalue weighted by molar-refractivity contribution is 5.90. The molecule has 0 saturated heterocycles. The van der Waals surface area contributed by atoms with Crippen LogP contribution in [0.4, 0.5) is 0 Å². The highest BCUT2D eigenvalue weighted by Crippen LogP contribution is 2.39. The Hall–Kier alpha value is -3.04. The Morgan fingerprint density at radius 1 is 0.862 bits per heavy atom. The van der Waals surface area contributed by atoms with Crippen LogP contribution >= 0.6 is 0 Å². The third kappa shape index (κ3) is 5.49. The molecule has 3 aromatic rings. The van der Waals surface area contributed by atoms with Crippen LogP contribution in [0.1, 0.15) is 29.5 Å². The average molecular weight is 388 g/mol. The molecule has 3 nitrogen and oxygen atoms in total. The number of benzene rings is 3. The van der Waals surface area contributed by atoms with Crippen molar-refractivity contribution in [3.8, 4) is 5.75 Å². The number of aromatic hydroxyl groups is 1. The lowest BCUT2D eigenvalue weighted by Gasteiger charge is -2.23. The Balaban J connectivity index is 2.17. The van der Waals surface area contributed by atoms with Crippen LogP contribution < -0.4 is 0 Å². The molecule has 0 aromatic heterocycles. The molecular formula is C26H29NO2. The molecule has 0 aliphatic rings. The number of rotatable bonds is 8. The van der Waals surface area contributed by atoms with Gasteiger partial charge in [-0.2, -0.15) is 0 Å². The maximum atomic E-state index is 10.1. The first-order valence-electron chi connectivity index (χ1n) is 9.97. The van der Waals surface area contributed by atoms with E-state index in [-0.39, 0.29) is 11.7 Å². The summed E-state index contributed by atoms with van der Waals surface area (Å²) in [5, 5.41) is 10.1. The lowest BCUT2D eigenvalue weighted by molar-refractivity contribution is 0.232.